The highest BCUT2D eigenvalue weighted by molar-refractivity contribution is 5.23. The predicted molar refractivity (Wildman–Crippen MR) is 66.9 cm³/mol. The summed E-state index contributed by atoms with van der Waals surface area (Å²) in [6.07, 6.45) is 3.68. The van der Waals surface area contributed by atoms with Gasteiger partial charge in [-0.05, 0) is 43.2 Å². The third-order valence-corrected chi connectivity index (χ3v) is 3.17. The number of hydrogen-bond acceptors (Lipinski definition) is 1. The minimum atomic E-state index is -0.510. The van der Waals surface area contributed by atoms with E-state index in [9.17, 15) is 8.78 Å². The first kappa shape index (κ1) is 14.1. The monoisotopic (exact) mass is 241 g/mol. The molecule has 0 unspecified atom stereocenters. The summed E-state index contributed by atoms with van der Waals surface area (Å²) in [4.78, 5) is 0. The fourth-order valence-electron chi connectivity index (χ4n) is 2.26. The molecule has 0 atom stereocenters. The van der Waals surface area contributed by atoms with Crippen molar-refractivity contribution in [1.29, 1.82) is 0 Å². The number of benzene rings is 1. The van der Waals surface area contributed by atoms with Gasteiger partial charge in [0.05, 0.1) is 0 Å². The molecule has 17 heavy (non-hydrogen) atoms. The highest BCUT2D eigenvalue weighted by Gasteiger charge is 2.22. The zero-order chi connectivity index (χ0) is 12.8. The van der Waals surface area contributed by atoms with Gasteiger partial charge in [-0.15, -0.1) is 0 Å². The van der Waals surface area contributed by atoms with Crippen molar-refractivity contribution >= 4 is 0 Å². The number of nitrogens with two attached hydrogens (primary N) is 1. The topological polar surface area (TPSA) is 26.0 Å². The molecule has 0 bridgehead atoms. The summed E-state index contributed by atoms with van der Waals surface area (Å²) in [6.45, 7) is 4.00. The molecule has 1 aromatic rings. The molecule has 1 aliphatic rings. The van der Waals surface area contributed by atoms with Gasteiger partial charge in [0.1, 0.15) is 11.6 Å². The molecule has 0 aromatic heterocycles. The van der Waals surface area contributed by atoms with Crippen molar-refractivity contribution in [3.63, 3.8) is 0 Å². The first-order valence-electron chi connectivity index (χ1n) is 6.37. The molecule has 0 spiro atoms. The average molecular weight is 241 g/mol. The summed E-state index contributed by atoms with van der Waals surface area (Å²) >= 11 is 0. The van der Waals surface area contributed by atoms with Gasteiger partial charge in [0.25, 0.3) is 0 Å². The van der Waals surface area contributed by atoms with Gasteiger partial charge in [0, 0.05) is 12.1 Å². The van der Waals surface area contributed by atoms with Gasteiger partial charge in [-0.3, -0.25) is 0 Å². The first-order valence-corrected chi connectivity index (χ1v) is 6.37. The quantitative estimate of drug-likeness (QED) is 0.790. The number of rotatable bonds is 1. The maximum atomic E-state index is 13.5. The van der Waals surface area contributed by atoms with Crippen LogP contribution >= 0.6 is 0 Å². The molecule has 0 amide bonds. The normalized spacial score (nSPS) is 23.8. The molecule has 0 radical (unpaired) electrons. The van der Waals surface area contributed by atoms with Crippen molar-refractivity contribution in [1.82, 2.24) is 0 Å². The maximum Gasteiger partial charge on any atom is 0.129 e. The van der Waals surface area contributed by atoms with Gasteiger partial charge in [-0.25, -0.2) is 8.78 Å². The van der Waals surface area contributed by atoms with Crippen LogP contribution in [0.2, 0.25) is 0 Å². The Morgan fingerprint density at radius 3 is 2.18 bits per heavy atom. The summed E-state index contributed by atoms with van der Waals surface area (Å²) in [6, 6.07) is 4.10. The van der Waals surface area contributed by atoms with Crippen molar-refractivity contribution in [2.45, 2.75) is 51.5 Å². The Morgan fingerprint density at radius 1 is 1.06 bits per heavy atom. The summed E-state index contributed by atoms with van der Waals surface area (Å²) in [5.74, 6) is -0.718. The van der Waals surface area contributed by atoms with Crippen molar-refractivity contribution in [2.24, 2.45) is 5.73 Å². The lowest BCUT2D eigenvalue weighted by Gasteiger charge is -2.26. The van der Waals surface area contributed by atoms with Crippen molar-refractivity contribution in [2.75, 3.05) is 0 Å². The van der Waals surface area contributed by atoms with Gasteiger partial charge >= 0.3 is 0 Å². The Morgan fingerprint density at radius 2 is 1.65 bits per heavy atom. The Balaban J connectivity index is 0.000000686. The van der Waals surface area contributed by atoms with Crippen LogP contribution in [0, 0.1) is 11.6 Å². The fraction of sp³-hybridized carbons (Fsp3) is 0.571. The van der Waals surface area contributed by atoms with Crippen LogP contribution in [0.1, 0.15) is 51.0 Å². The van der Waals surface area contributed by atoms with E-state index in [1.807, 2.05) is 13.8 Å². The van der Waals surface area contributed by atoms with Crippen molar-refractivity contribution in [3.05, 3.63) is 35.4 Å². The number of hydrogen-bond donors (Lipinski definition) is 1. The van der Waals surface area contributed by atoms with E-state index >= 15 is 0 Å². The van der Waals surface area contributed by atoms with Crippen LogP contribution in [-0.4, -0.2) is 6.04 Å². The first-order chi connectivity index (χ1) is 8.16. The molecule has 1 aromatic carbocycles. The van der Waals surface area contributed by atoms with Gasteiger partial charge in [-0.1, -0.05) is 19.9 Å². The van der Waals surface area contributed by atoms with Crippen LogP contribution in [0.3, 0.4) is 0 Å². The zero-order valence-corrected chi connectivity index (χ0v) is 10.5. The largest absolute Gasteiger partial charge is 0.328 e. The number of halogens is 2. The summed E-state index contributed by atoms with van der Waals surface area (Å²) in [5, 5.41) is 0. The van der Waals surface area contributed by atoms with E-state index in [4.69, 9.17) is 5.73 Å². The Bertz CT molecular complexity index is 344. The molecule has 3 heteroatoms. The molecular weight excluding hydrogens is 220 g/mol. The molecular formula is C14H21F2N. The third-order valence-electron chi connectivity index (χ3n) is 3.17. The SMILES string of the molecule is CC.NC1CCC(c2ccc(F)cc2F)CC1. The standard InChI is InChI=1S/C12H15F2N.C2H6/c13-9-3-6-11(12(14)7-9)8-1-4-10(15)5-2-8;1-2/h3,6-8,10H,1-2,4-5,15H2;1-2H3. The summed E-state index contributed by atoms with van der Waals surface area (Å²) < 4.78 is 26.2. The fourth-order valence-corrected chi connectivity index (χ4v) is 2.26. The van der Waals surface area contributed by atoms with Gasteiger partial charge in [-0.2, -0.15) is 0 Å². The molecule has 0 saturated heterocycles. The summed E-state index contributed by atoms with van der Waals surface area (Å²) in [7, 11) is 0. The third kappa shape index (κ3) is 3.77. The second-order valence-electron chi connectivity index (χ2n) is 4.28. The molecule has 96 valence electrons. The molecule has 2 N–H and O–H groups in total. The lowest BCUT2D eigenvalue weighted by molar-refractivity contribution is 0.386. The molecule has 0 heterocycles. The average Bonchev–Trinajstić information content (AvgIpc) is 2.33. The lowest BCUT2D eigenvalue weighted by atomic mass is 9.82. The smallest absolute Gasteiger partial charge is 0.129 e. The van der Waals surface area contributed by atoms with Crippen LogP contribution in [0.4, 0.5) is 8.78 Å². The van der Waals surface area contributed by atoms with Crippen LogP contribution in [0.15, 0.2) is 18.2 Å². The van der Waals surface area contributed by atoms with Crippen LogP contribution in [0.25, 0.3) is 0 Å². The molecule has 0 aliphatic heterocycles. The molecule has 1 nitrogen and oxygen atoms in total. The van der Waals surface area contributed by atoms with E-state index < -0.39 is 11.6 Å². The van der Waals surface area contributed by atoms with E-state index in [1.165, 1.54) is 6.07 Å². The van der Waals surface area contributed by atoms with E-state index in [0.29, 0.717) is 5.56 Å². The van der Waals surface area contributed by atoms with E-state index in [0.717, 1.165) is 31.7 Å². The van der Waals surface area contributed by atoms with Crippen molar-refractivity contribution < 1.29 is 8.78 Å². The Hall–Kier alpha value is -0.960. The predicted octanol–water partition coefficient (Wildman–Crippen LogP) is 3.98. The van der Waals surface area contributed by atoms with Gasteiger partial charge < -0.3 is 5.73 Å². The van der Waals surface area contributed by atoms with Crippen LogP contribution in [-0.2, 0) is 0 Å². The van der Waals surface area contributed by atoms with E-state index in [-0.39, 0.29) is 12.0 Å². The molecule has 1 fully saturated rings. The van der Waals surface area contributed by atoms with Gasteiger partial charge in [0.15, 0.2) is 0 Å². The minimum Gasteiger partial charge on any atom is -0.328 e. The van der Waals surface area contributed by atoms with Crippen molar-refractivity contribution in [3.8, 4) is 0 Å². The molecule has 2 rings (SSSR count). The minimum absolute atomic E-state index is 0.213. The highest BCUT2D eigenvalue weighted by atomic mass is 19.1. The Kier molecular flexibility index (Phi) is 5.56. The van der Waals surface area contributed by atoms with Gasteiger partial charge in [0.2, 0.25) is 0 Å². The maximum absolute atomic E-state index is 13.5. The summed E-state index contributed by atoms with van der Waals surface area (Å²) in [5.41, 5.74) is 6.43. The zero-order valence-electron chi connectivity index (χ0n) is 10.5. The van der Waals surface area contributed by atoms with Crippen LogP contribution in [0.5, 0.6) is 0 Å². The molecule has 1 aliphatic carbocycles. The van der Waals surface area contributed by atoms with Crippen LogP contribution < -0.4 is 5.73 Å². The van der Waals surface area contributed by atoms with E-state index in [1.54, 1.807) is 6.07 Å². The lowest BCUT2D eigenvalue weighted by Crippen LogP contribution is -2.26. The second kappa shape index (κ2) is 6.70. The second-order valence-corrected chi connectivity index (χ2v) is 4.28. The van der Waals surface area contributed by atoms with E-state index in [2.05, 4.69) is 0 Å². The molecule has 1 saturated carbocycles. The highest BCUT2D eigenvalue weighted by Crippen LogP contribution is 2.33. The Labute approximate surface area is 102 Å².